The number of carboxylic acids is 1. The number of hydrogen-bond donors (Lipinski definition) is 2. The van der Waals surface area contributed by atoms with Crippen LogP contribution in [0.5, 0.6) is 0 Å². The number of benzene rings is 1. The molecule has 5 rings (SSSR count). The first-order valence-electron chi connectivity index (χ1n) is 9.83. The Morgan fingerprint density at radius 1 is 1.11 bits per heavy atom. The van der Waals surface area contributed by atoms with Crippen molar-refractivity contribution in [3.63, 3.8) is 0 Å². The molecule has 3 aliphatic rings. The summed E-state index contributed by atoms with van der Waals surface area (Å²) in [6, 6.07) is 5.83. The van der Waals surface area contributed by atoms with Gasteiger partial charge in [-0.15, -0.1) is 0 Å². The summed E-state index contributed by atoms with van der Waals surface area (Å²) in [5.74, 6) is -1.05. The number of carboxylic acid groups (broad SMARTS) is 1. The number of rotatable bonds is 3. The zero-order valence-electron chi connectivity index (χ0n) is 15.1. The van der Waals surface area contributed by atoms with Crippen LogP contribution in [0, 0.1) is 23.7 Å². The fourth-order valence-electron chi connectivity index (χ4n) is 5.17. The number of hydrogen-bond acceptors (Lipinski definition) is 3. The Morgan fingerprint density at radius 3 is 2.74 bits per heavy atom. The van der Waals surface area contributed by atoms with Crippen molar-refractivity contribution in [1.29, 1.82) is 0 Å². The number of carbonyl (C=O) groups excluding carboxylic acids is 1. The zero-order chi connectivity index (χ0) is 18.5. The van der Waals surface area contributed by atoms with Gasteiger partial charge in [0.2, 0.25) is 5.91 Å². The van der Waals surface area contributed by atoms with E-state index in [0.717, 1.165) is 36.2 Å². The van der Waals surface area contributed by atoms with Crippen molar-refractivity contribution in [1.82, 2.24) is 9.55 Å². The van der Waals surface area contributed by atoms with Crippen molar-refractivity contribution in [3.8, 4) is 0 Å². The van der Waals surface area contributed by atoms with Crippen LogP contribution in [0.2, 0.25) is 0 Å². The minimum Gasteiger partial charge on any atom is -0.481 e. The third-order valence-corrected chi connectivity index (χ3v) is 6.42. The number of aliphatic carboxylic acids is 1. The summed E-state index contributed by atoms with van der Waals surface area (Å²) >= 11 is 0. The van der Waals surface area contributed by atoms with Gasteiger partial charge in [-0.2, -0.15) is 0 Å². The quantitative estimate of drug-likeness (QED) is 0.818. The zero-order valence-corrected chi connectivity index (χ0v) is 15.1. The van der Waals surface area contributed by atoms with Gasteiger partial charge in [-0.3, -0.25) is 9.59 Å². The van der Waals surface area contributed by atoms with E-state index < -0.39 is 17.8 Å². The molecule has 2 N–H and O–H groups in total. The number of amides is 1. The van der Waals surface area contributed by atoms with Crippen molar-refractivity contribution in [2.75, 3.05) is 5.32 Å². The van der Waals surface area contributed by atoms with Crippen LogP contribution < -0.4 is 5.32 Å². The second kappa shape index (κ2) is 6.22. The van der Waals surface area contributed by atoms with Gasteiger partial charge >= 0.3 is 5.97 Å². The summed E-state index contributed by atoms with van der Waals surface area (Å²) < 4.78 is 2.29. The largest absolute Gasteiger partial charge is 0.481 e. The molecule has 0 saturated heterocycles. The van der Waals surface area contributed by atoms with Crippen LogP contribution in [-0.2, 0) is 22.6 Å². The average Bonchev–Trinajstić information content (AvgIpc) is 3.30. The van der Waals surface area contributed by atoms with E-state index in [4.69, 9.17) is 4.98 Å². The molecule has 1 amide bonds. The van der Waals surface area contributed by atoms with Gasteiger partial charge in [-0.05, 0) is 49.3 Å². The van der Waals surface area contributed by atoms with E-state index in [1.807, 2.05) is 30.4 Å². The summed E-state index contributed by atoms with van der Waals surface area (Å²) in [4.78, 5) is 29.3. The lowest BCUT2D eigenvalue weighted by atomic mass is 9.82. The molecular formula is C21H23N3O3. The van der Waals surface area contributed by atoms with Crippen LogP contribution >= 0.6 is 0 Å². The van der Waals surface area contributed by atoms with Crippen LogP contribution in [0.15, 0.2) is 30.4 Å². The maximum absolute atomic E-state index is 12.9. The molecule has 1 saturated carbocycles. The molecule has 2 aromatic rings. The van der Waals surface area contributed by atoms with Gasteiger partial charge in [-0.25, -0.2) is 4.98 Å². The molecule has 0 radical (unpaired) electrons. The fraction of sp³-hybridized carbons (Fsp3) is 0.476. The van der Waals surface area contributed by atoms with E-state index >= 15 is 0 Å². The van der Waals surface area contributed by atoms with Crippen molar-refractivity contribution in [2.24, 2.45) is 23.7 Å². The number of aromatic nitrogens is 2. The third-order valence-electron chi connectivity index (χ3n) is 6.42. The first-order chi connectivity index (χ1) is 13.1. The molecule has 0 spiro atoms. The number of aryl methyl sites for hydroxylation is 2. The van der Waals surface area contributed by atoms with E-state index in [0.29, 0.717) is 5.69 Å². The number of carbonyl (C=O) groups is 2. The van der Waals surface area contributed by atoms with E-state index in [9.17, 15) is 14.7 Å². The highest BCUT2D eigenvalue weighted by atomic mass is 16.4. The minimum absolute atomic E-state index is 0.0190. The van der Waals surface area contributed by atoms with Crippen LogP contribution in [0.25, 0.3) is 11.0 Å². The highest BCUT2D eigenvalue weighted by Crippen LogP contribution is 2.48. The van der Waals surface area contributed by atoms with Crippen LogP contribution in [0.1, 0.15) is 31.5 Å². The molecule has 6 heteroatoms. The normalized spacial score (nSPS) is 28.9. The second-order valence-corrected chi connectivity index (χ2v) is 8.02. The molecule has 1 fully saturated rings. The van der Waals surface area contributed by atoms with Gasteiger partial charge in [0.1, 0.15) is 5.82 Å². The van der Waals surface area contributed by atoms with Gasteiger partial charge in [0.15, 0.2) is 0 Å². The Morgan fingerprint density at radius 2 is 1.93 bits per heavy atom. The topological polar surface area (TPSA) is 84.2 Å². The number of nitrogens with one attached hydrogen (secondary N) is 1. The summed E-state index contributed by atoms with van der Waals surface area (Å²) in [5, 5.41) is 12.5. The Labute approximate surface area is 157 Å². The highest BCUT2D eigenvalue weighted by molar-refractivity contribution is 5.97. The van der Waals surface area contributed by atoms with Gasteiger partial charge in [0.05, 0.1) is 22.9 Å². The van der Waals surface area contributed by atoms with Crippen LogP contribution in [-0.4, -0.2) is 26.5 Å². The Balaban J connectivity index is 1.41. The molecule has 6 nitrogen and oxygen atoms in total. The fourth-order valence-corrected chi connectivity index (χ4v) is 5.17. The lowest BCUT2D eigenvalue weighted by molar-refractivity contribution is -0.146. The van der Waals surface area contributed by atoms with Gasteiger partial charge in [0.25, 0.3) is 0 Å². The Hall–Kier alpha value is -2.63. The predicted molar refractivity (Wildman–Crippen MR) is 101 cm³/mol. The number of anilines is 1. The number of allylic oxidation sites excluding steroid dienone is 2. The van der Waals surface area contributed by atoms with Gasteiger partial charge < -0.3 is 15.0 Å². The molecule has 1 aliphatic heterocycles. The first kappa shape index (κ1) is 16.5. The lowest BCUT2D eigenvalue weighted by Gasteiger charge is -2.23. The van der Waals surface area contributed by atoms with Crippen molar-refractivity contribution in [3.05, 3.63) is 36.2 Å². The molecule has 2 aliphatic carbocycles. The van der Waals surface area contributed by atoms with E-state index in [1.165, 1.54) is 19.3 Å². The highest BCUT2D eigenvalue weighted by Gasteiger charge is 2.51. The molecular weight excluding hydrogens is 342 g/mol. The SMILES string of the molecule is O=C(O)C1C2C=CC(C2)C1C(=O)Nc1ccc2c(c1)nc1n2CCCCC1. The maximum Gasteiger partial charge on any atom is 0.307 e. The van der Waals surface area contributed by atoms with E-state index in [1.54, 1.807) is 0 Å². The molecule has 140 valence electrons. The second-order valence-electron chi connectivity index (χ2n) is 8.02. The third kappa shape index (κ3) is 2.66. The standard InChI is InChI=1S/C21H23N3O3/c25-20(18-12-5-6-13(10-12)19(18)21(26)27)22-14-7-8-16-15(11-14)23-17-4-2-1-3-9-24(16)17/h5-8,11-13,18-19H,1-4,9-10H2,(H,22,25)(H,26,27). The number of imidazole rings is 1. The Kier molecular flexibility index (Phi) is 3.81. The van der Waals surface area contributed by atoms with Gasteiger partial charge in [-0.1, -0.05) is 18.6 Å². The Bertz CT molecular complexity index is 961. The molecule has 1 aromatic heterocycles. The van der Waals surface area contributed by atoms with Crippen molar-refractivity contribution in [2.45, 2.75) is 38.6 Å². The summed E-state index contributed by atoms with van der Waals surface area (Å²) in [6.45, 7) is 0.995. The van der Waals surface area contributed by atoms with E-state index in [2.05, 4.69) is 9.88 Å². The van der Waals surface area contributed by atoms with Crippen molar-refractivity contribution < 1.29 is 14.7 Å². The van der Waals surface area contributed by atoms with Gasteiger partial charge in [0, 0.05) is 18.7 Å². The minimum atomic E-state index is -0.875. The number of fused-ring (bicyclic) bond motifs is 5. The van der Waals surface area contributed by atoms with Crippen LogP contribution in [0.4, 0.5) is 5.69 Å². The van der Waals surface area contributed by atoms with E-state index in [-0.39, 0.29) is 17.7 Å². The summed E-state index contributed by atoms with van der Waals surface area (Å²) in [5.41, 5.74) is 2.69. The van der Waals surface area contributed by atoms with Crippen molar-refractivity contribution >= 4 is 28.6 Å². The first-order valence-corrected chi connectivity index (χ1v) is 9.83. The molecule has 2 heterocycles. The summed E-state index contributed by atoms with van der Waals surface area (Å²) in [6.07, 6.45) is 9.30. The molecule has 27 heavy (non-hydrogen) atoms. The smallest absolute Gasteiger partial charge is 0.307 e. The van der Waals surface area contributed by atoms with Crippen LogP contribution in [0.3, 0.4) is 0 Å². The predicted octanol–water partition coefficient (Wildman–Crippen LogP) is 3.22. The molecule has 4 unspecified atom stereocenters. The summed E-state index contributed by atoms with van der Waals surface area (Å²) in [7, 11) is 0. The molecule has 4 atom stereocenters. The number of nitrogens with zero attached hydrogens (tertiary/aromatic N) is 2. The monoisotopic (exact) mass is 365 g/mol. The maximum atomic E-state index is 12.9. The average molecular weight is 365 g/mol. The molecule has 1 aromatic carbocycles. The molecule has 2 bridgehead atoms. The lowest BCUT2D eigenvalue weighted by Crippen LogP contribution is -2.36.